The number of aromatic nitrogens is 2. The summed E-state index contributed by atoms with van der Waals surface area (Å²) in [6.07, 6.45) is 2.68. The summed E-state index contributed by atoms with van der Waals surface area (Å²) in [5, 5.41) is 4.75. The van der Waals surface area contributed by atoms with E-state index in [-0.39, 0.29) is 5.91 Å². The number of halogens is 1. The van der Waals surface area contributed by atoms with Crippen molar-refractivity contribution in [3.63, 3.8) is 0 Å². The van der Waals surface area contributed by atoms with E-state index in [0.29, 0.717) is 35.9 Å². The maximum Gasteiger partial charge on any atom is 0.255 e. The summed E-state index contributed by atoms with van der Waals surface area (Å²) in [5.41, 5.74) is 1.66. The number of carbonyl (C=O) groups is 1. The van der Waals surface area contributed by atoms with Gasteiger partial charge in [-0.3, -0.25) is 4.79 Å². The van der Waals surface area contributed by atoms with Crippen molar-refractivity contribution in [3.8, 4) is 11.5 Å². The van der Waals surface area contributed by atoms with E-state index in [1.54, 1.807) is 32.4 Å². The van der Waals surface area contributed by atoms with Crippen molar-refractivity contribution in [3.05, 3.63) is 64.4 Å². The number of amides is 1. The summed E-state index contributed by atoms with van der Waals surface area (Å²) >= 11 is 7.41. The van der Waals surface area contributed by atoms with Gasteiger partial charge in [0.2, 0.25) is 5.13 Å². The molecule has 3 aromatic rings. The SMILES string of the molecule is COc1ccc(C(=O)NCC2CCN(c3nc(Cc4ccc(Cl)cc4)ns3)CC2)c(OC)c1. The number of piperidine rings is 1. The fraction of sp³-hybridized carbons (Fsp3) is 0.375. The first-order chi connectivity index (χ1) is 16.1. The molecule has 0 atom stereocenters. The predicted octanol–water partition coefficient (Wildman–Crippen LogP) is 4.45. The van der Waals surface area contributed by atoms with Crippen LogP contribution in [0, 0.1) is 5.92 Å². The van der Waals surface area contributed by atoms with Crippen LogP contribution in [0.15, 0.2) is 42.5 Å². The van der Waals surface area contributed by atoms with E-state index in [1.165, 1.54) is 11.5 Å². The number of hydrogen-bond donors (Lipinski definition) is 1. The number of hydrogen-bond acceptors (Lipinski definition) is 7. The number of ether oxygens (including phenoxy) is 2. The molecular weight excluding hydrogens is 460 g/mol. The average Bonchev–Trinajstić information content (AvgIpc) is 3.32. The van der Waals surface area contributed by atoms with E-state index in [1.807, 2.05) is 24.3 Å². The van der Waals surface area contributed by atoms with Gasteiger partial charge < -0.3 is 19.7 Å². The van der Waals surface area contributed by atoms with E-state index in [4.69, 9.17) is 26.1 Å². The summed E-state index contributed by atoms with van der Waals surface area (Å²) in [7, 11) is 3.14. The van der Waals surface area contributed by atoms with Crippen LogP contribution in [0.1, 0.15) is 34.6 Å². The smallest absolute Gasteiger partial charge is 0.255 e. The minimum atomic E-state index is -0.132. The highest BCUT2D eigenvalue weighted by Crippen LogP contribution is 2.27. The number of anilines is 1. The Labute approximate surface area is 202 Å². The number of nitrogens with zero attached hydrogens (tertiary/aromatic N) is 3. The Morgan fingerprint density at radius 2 is 1.91 bits per heavy atom. The lowest BCUT2D eigenvalue weighted by Crippen LogP contribution is -2.38. The summed E-state index contributed by atoms with van der Waals surface area (Å²) in [6.45, 7) is 2.45. The van der Waals surface area contributed by atoms with E-state index in [9.17, 15) is 4.79 Å². The first kappa shape index (κ1) is 23.3. The Morgan fingerprint density at radius 1 is 1.15 bits per heavy atom. The third-order valence-corrected chi connectivity index (χ3v) is 6.89. The molecule has 1 aromatic heterocycles. The molecule has 174 valence electrons. The number of carbonyl (C=O) groups excluding carboxylic acids is 1. The van der Waals surface area contributed by atoms with Gasteiger partial charge in [-0.1, -0.05) is 23.7 Å². The first-order valence-corrected chi connectivity index (χ1v) is 12.0. The van der Waals surface area contributed by atoms with Gasteiger partial charge in [0, 0.05) is 48.7 Å². The molecular formula is C24H27ClN4O3S. The molecule has 0 radical (unpaired) electrons. The zero-order valence-electron chi connectivity index (χ0n) is 18.7. The summed E-state index contributed by atoms with van der Waals surface area (Å²) < 4.78 is 15.1. The van der Waals surface area contributed by atoms with Crippen LogP contribution in [-0.2, 0) is 6.42 Å². The zero-order valence-corrected chi connectivity index (χ0v) is 20.3. The third kappa shape index (κ3) is 5.94. The van der Waals surface area contributed by atoms with E-state index >= 15 is 0 Å². The van der Waals surface area contributed by atoms with Gasteiger partial charge in [0.05, 0.1) is 19.8 Å². The Bertz CT molecular complexity index is 1080. The summed E-state index contributed by atoms with van der Waals surface area (Å²) in [6, 6.07) is 13.0. The first-order valence-electron chi connectivity index (χ1n) is 10.9. The van der Waals surface area contributed by atoms with Crippen LogP contribution >= 0.6 is 23.1 Å². The topological polar surface area (TPSA) is 76.6 Å². The maximum atomic E-state index is 12.7. The second kappa shape index (κ2) is 10.9. The molecule has 1 N–H and O–H groups in total. The van der Waals surface area contributed by atoms with Crippen molar-refractivity contribution in [2.24, 2.45) is 5.92 Å². The number of benzene rings is 2. The molecule has 9 heteroatoms. The van der Waals surface area contributed by atoms with Crippen LogP contribution in [0.25, 0.3) is 0 Å². The second-order valence-electron chi connectivity index (χ2n) is 8.00. The zero-order chi connectivity index (χ0) is 23.2. The van der Waals surface area contributed by atoms with Crippen LogP contribution in [0.5, 0.6) is 11.5 Å². The van der Waals surface area contributed by atoms with Crippen molar-refractivity contribution in [1.82, 2.24) is 14.7 Å². The molecule has 2 aromatic carbocycles. The Balaban J connectivity index is 1.26. The fourth-order valence-electron chi connectivity index (χ4n) is 3.88. The second-order valence-corrected chi connectivity index (χ2v) is 9.17. The van der Waals surface area contributed by atoms with Crippen molar-refractivity contribution in [2.45, 2.75) is 19.3 Å². The highest BCUT2D eigenvalue weighted by molar-refractivity contribution is 7.09. The molecule has 1 amide bonds. The minimum Gasteiger partial charge on any atom is -0.497 e. The van der Waals surface area contributed by atoms with E-state index < -0.39 is 0 Å². The van der Waals surface area contributed by atoms with Crippen molar-refractivity contribution < 1.29 is 14.3 Å². The van der Waals surface area contributed by atoms with Gasteiger partial charge in [0.1, 0.15) is 17.3 Å². The predicted molar refractivity (Wildman–Crippen MR) is 131 cm³/mol. The van der Waals surface area contributed by atoms with Gasteiger partial charge in [-0.25, -0.2) is 4.98 Å². The van der Waals surface area contributed by atoms with Gasteiger partial charge in [-0.15, -0.1) is 0 Å². The Kier molecular flexibility index (Phi) is 7.67. The quantitative estimate of drug-likeness (QED) is 0.507. The minimum absolute atomic E-state index is 0.132. The number of rotatable bonds is 8. The van der Waals surface area contributed by atoms with Crippen molar-refractivity contribution >= 4 is 34.2 Å². The molecule has 33 heavy (non-hydrogen) atoms. The molecule has 4 rings (SSSR count). The molecule has 0 spiro atoms. The van der Waals surface area contributed by atoms with E-state index in [2.05, 4.69) is 14.6 Å². The lowest BCUT2D eigenvalue weighted by Gasteiger charge is -2.31. The highest BCUT2D eigenvalue weighted by atomic mass is 35.5. The summed E-state index contributed by atoms with van der Waals surface area (Å²) in [4.78, 5) is 19.7. The molecule has 0 aliphatic carbocycles. The summed E-state index contributed by atoms with van der Waals surface area (Å²) in [5.74, 6) is 2.29. The Morgan fingerprint density at radius 3 is 2.61 bits per heavy atom. The maximum absolute atomic E-state index is 12.7. The van der Waals surface area contributed by atoms with Gasteiger partial charge in [0.25, 0.3) is 5.91 Å². The molecule has 7 nitrogen and oxygen atoms in total. The number of nitrogens with one attached hydrogen (secondary N) is 1. The third-order valence-electron chi connectivity index (χ3n) is 5.82. The molecule has 0 saturated carbocycles. The molecule has 2 heterocycles. The van der Waals surface area contributed by atoms with Gasteiger partial charge in [-0.2, -0.15) is 4.37 Å². The molecule has 1 aliphatic rings. The molecule has 1 fully saturated rings. The van der Waals surface area contributed by atoms with Gasteiger partial charge >= 0.3 is 0 Å². The molecule has 1 aliphatic heterocycles. The fourth-order valence-corrected chi connectivity index (χ4v) is 4.74. The van der Waals surface area contributed by atoms with Crippen LogP contribution in [-0.4, -0.2) is 49.1 Å². The largest absolute Gasteiger partial charge is 0.497 e. The lowest BCUT2D eigenvalue weighted by molar-refractivity contribution is 0.0942. The van der Waals surface area contributed by atoms with Crippen LogP contribution < -0.4 is 19.7 Å². The lowest BCUT2D eigenvalue weighted by atomic mass is 9.97. The average molecular weight is 487 g/mol. The number of methoxy groups -OCH3 is 2. The van der Waals surface area contributed by atoms with Crippen molar-refractivity contribution in [2.75, 3.05) is 38.8 Å². The Hall–Kier alpha value is -2.84. The molecule has 0 unspecified atom stereocenters. The molecule has 0 bridgehead atoms. The van der Waals surface area contributed by atoms with Gasteiger partial charge in [-0.05, 0) is 48.6 Å². The molecule has 1 saturated heterocycles. The van der Waals surface area contributed by atoms with Crippen LogP contribution in [0.2, 0.25) is 5.02 Å². The normalized spacial score (nSPS) is 14.2. The monoisotopic (exact) mass is 486 g/mol. The standard InChI is InChI=1S/C24H27ClN4O3S/c1-31-19-7-8-20(21(14-19)32-2)23(30)26-15-17-9-11-29(12-10-17)24-27-22(28-33-24)13-16-3-5-18(25)6-4-16/h3-8,14,17H,9-13,15H2,1-2H3,(H,26,30). The van der Waals surface area contributed by atoms with E-state index in [0.717, 1.165) is 47.5 Å². The van der Waals surface area contributed by atoms with Crippen LogP contribution in [0.3, 0.4) is 0 Å². The van der Waals surface area contributed by atoms with Crippen molar-refractivity contribution in [1.29, 1.82) is 0 Å². The van der Waals surface area contributed by atoms with Crippen LogP contribution in [0.4, 0.5) is 5.13 Å². The highest BCUT2D eigenvalue weighted by Gasteiger charge is 2.23. The van der Waals surface area contributed by atoms with Gasteiger partial charge in [0.15, 0.2) is 0 Å².